The molecule has 0 radical (unpaired) electrons. The molecule has 0 amide bonds. The maximum absolute atomic E-state index is 13.3. The molecule has 4 aromatic carbocycles. The van der Waals surface area contributed by atoms with Crippen molar-refractivity contribution in [3.63, 3.8) is 0 Å². The average molecular weight is 713 g/mol. The maximum atomic E-state index is 13.3. The predicted octanol–water partition coefficient (Wildman–Crippen LogP) is 5.06. The van der Waals surface area contributed by atoms with Crippen molar-refractivity contribution in [3.8, 4) is 68.6 Å². The van der Waals surface area contributed by atoms with Crippen LogP contribution < -0.4 is 10.9 Å². The summed E-state index contributed by atoms with van der Waals surface area (Å²) in [7, 11) is 3.46. The monoisotopic (exact) mass is 712 g/mol. The second-order valence-electron chi connectivity index (χ2n) is 12.9. The van der Waals surface area contributed by atoms with E-state index in [1.807, 2.05) is 19.9 Å². The van der Waals surface area contributed by atoms with Crippen LogP contribution in [-0.4, -0.2) is 77.8 Å². The van der Waals surface area contributed by atoms with Crippen molar-refractivity contribution < 1.29 is 49.7 Å². The first kappa shape index (κ1) is 35.4. The van der Waals surface area contributed by atoms with E-state index in [4.69, 9.17) is 8.83 Å². The zero-order valence-corrected chi connectivity index (χ0v) is 28.6. The lowest BCUT2D eigenvalue weighted by Gasteiger charge is -2.23. The Balaban J connectivity index is 1.28. The molecule has 52 heavy (non-hydrogen) atoms. The number of hydrogen-bond donors (Lipinski definition) is 8. The average Bonchev–Trinajstić information content (AvgIpc) is 3.08. The highest BCUT2D eigenvalue weighted by Gasteiger charge is 2.26. The molecule has 8 N–H and O–H groups in total. The summed E-state index contributed by atoms with van der Waals surface area (Å²) in [5.74, 6) is -4.86. The molecule has 0 unspecified atom stereocenters. The summed E-state index contributed by atoms with van der Waals surface area (Å²) in [6, 6.07) is 10.8. The molecule has 14 nitrogen and oxygen atoms in total. The van der Waals surface area contributed by atoms with Crippen molar-refractivity contribution in [2.45, 2.75) is 26.9 Å². The molecule has 6 aromatic rings. The molecule has 0 saturated heterocycles. The van der Waals surface area contributed by atoms with Crippen LogP contribution in [-0.2, 0) is 13.1 Å². The fourth-order valence-electron chi connectivity index (χ4n) is 6.04. The standard InChI is InChI=1S/C38H36N2O12/c1-17-5-6-19(11-18(17)2)35-33(49)31(47)29-27(45)13-24(42)21(37(29)51-35)15-39(3)9-10-40(4)16-22-25(43)14-28(46)30-32(48)34(50)36(52-38(22)30)20-7-8-23(41)26(44)12-20/h5-8,11-14,41-46,49-50H,9-10,15-16H2,1-4H3. The quantitative estimate of drug-likeness (QED) is 0.0917. The van der Waals surface area contributed by atoms with E-state index in [2.05, 4.69) is 0 Å². The Labute approximate surface area is 295 Å². The largest absolute Gasteiger partial charge is 0.507 e. The summed E-state index contributed by atoms with van der Waals surface area (Å²) >= 11 is 0. The fourth-order valence-corrected chi connectivity index (χ4v) is 6.04. The minimum atomic E-state index is -0.980. The Morgan fingerprint density at radius 2 is 0.962 bits per heavy atom. The predicted molar refractivity (Wildman–Crippen MR) is 191 cm³/mol. The SMILES string of the molecule is Cc1ccc(-c2oc3c(CN(C)CCN(C)Cc4c(O)cc(O)c5c(=O)c(O)c(-c6ccc(O)c(O)c6)oc45)c(O)cc(O)c3c(=O)c2O)cc1C. The summed E-state index contributed by atoms with van der Waals surface area (Å²) in [5, 5.41) is 83.3. The lowest BCUT2D eigenvalue weighted by Crippen LogP contribution is -2.30. The van der Waals surface area contributed by atoms with E-state index in [0.29, 0.717) is 18.7 Å². The summed E-state index contributed by atoms with van der Waals surface area (Å²) < 4.78 is 11.9. The smallest absolute Gasteiger partial charge is 0.238 e. The third-order valence-corrected chi connectivity index (χ3v) is 9.13. The van der Waals surface area contributed by atoms with Gasteiger partial charge in [-0.15, -0.1) is 0 Å². The molecule has 0 fully saturated rings. The normalized spacial score (nSPS) is 11.7. The van der Waals surface area contributed by atoms with Gasteiger partial charge in [-0.3, -0.25) is 9.59 Å². The van der Waals surface area contributed by atoms with Crippen LogP contribution in [0.25, 0.3) is 44.6 Å². The molecular weight excluding hydrogens is 676 g/mol. The van der Waals surface area contributed by atoms with Crippen LogP contribution in [0, 0.1) is 13.8 Å². The molecule has 0 spiro atoms. The van der Waals surface area contributed by atoms with E-state index in [1.165, 1.54) is 6.07 Å². The van der Waals surface area contributed by atoms with Crippen LogP contribution >= 0.6 is 0 Å². The topological polar surface area (TPSA) is 229 Å². The van der Waals surface area contributed by atoms with Gasteiger partial charge in [0.25, 0.3) is 0 Å². The fraction of sp³-hybridized carbons (Fsp3) is 0.211. The number of aryl methyl sites for hydroxylation is 2. The minimum Gasteiger partial charge on any atom is -0.507 e. The van der Waals surface area contributed by atoms with Crippen molar-refractivity contribution in [2.24, 2.45) is 0 Å². The molecule has 0 saturated carbocycles. The molecule has 0 bridgehead atoms. The van der Waals surface area contributed by atoms with E-state index >= 15 is 0 Å². The highest BCUT2D eigenvalue weighted by molar-refractivity contribution is 5.92. The second-order valence-corrected chi connectivity index (χ2v) is 12.9. The highest BCUT2D eigenvalue weighted by atomic mass is 16.4. The summed E-state index contributed by atoms with van der Waals surface area (Å²) in [6.07, 6.45) is 0. The number of phenols is 6. The van der Waals surface area contributed by atoms with Gasteiger partial charge in [0.05, 0.1) is 11.1 Å². The van der Waals surface area contributed by atoms with Crippen LogP contribution in [0.1, 0.15) is 22.3 Å². The lowest BCUT2D eigenvalue weighted by atomic mass is 10.0. The molecule has 2 heterocycles. The van der Waals surface area contributed by atoms with E-state index < -0.39 is 51.1 Å². The summed E-state index contributed by atoms with van der Waals surface area (Å²) in [4.78, 5) is 30.0. The Morgan fingerprint density at radius 1 is 0.519 bits per heavy atom. The van der Waals surface area contributed by atoms with Crippen molar-refractivity contribution in [1.29, 1.82) is 0 Å². The van der Waals surface area contributed by atoms with Crippen LogP contribution in [0.15, 0.2) is 67.0 Å². The zero-order valence-electron chi connectivity index (χ0n) is 28.6. The number of phenolic OH excluding ortho intramolecular Hbond substituents is 6. The van der Waals surface area contributed by atoms with Gasteiger partial charge in [-0.05, 0) is 63.3 Å². The Bertz CT molecular complexity index is 2350. The van der Waals surface area contributed by atoms with Gasteiger partial charge in [-0.2, -0.15) is 0 Å². The van der Waals surface area contributed by atoms with Gasteiger partial charge in [-0.25, -0.2) is 0 Å². The van der Waals surface area contributed by atoms with Gasteiger partial charge in [-0.1, -0.05) is 12.1 Å². The van der Waals surface area contributed by atoms with Gasteiger partial charge in [0.1, 0.15) is 33.8 Å². The maximum Gasteiger partial charge on any atom is 0.238 e. The summed E-state index contributed by atoms with van der Waals surface area (Å²) in [5.41, 5.74) is 0.542. The van der Waals surface area contributed by atoms with E-state index in [9.17, 15) is 50.4 Å². The molecule has 6 rings (SSSR count). The van der Waals surface area contributed by atoms with Gasteiger partial charge in [0, 0.05) is 49.4 Å². The first-order chi connectivity index (χ1) is 24.6. The Hall–Kier alpha value is -6.38. The zero-order chi connectivity index (χ0) is 37.8. The number of nitrogens with zero attached hydrogens (tertiary/aromatic N) is 2. The molecule has 14 heteroatoms. The third-order valence-electron chi connectivity index (χ3n) is 9.13. The third kappa shape index (κ3) is 6.25. The van der Waals surface area contributed by atoms with E-state index in [-0.39, 0.29) is 69.0 Å². The summed E-state index contributed by atoms with van der Waals surface area (Å²) in [6.45, 7) is 4.49. The van der Waals surface area contributed by atoms with Gasteiger partial charge in [0.2, 0.25) is 22.4 Å². The number of likely N-dealkylation sites (N-methyl/N-ethyl adjacent to an activating group) is 2. The molecule has 2 aromatic heterocycles. The first-order valence-corrected chi connectivity index (χ1v) is 16.0. The van der Waals surface area contributed by atoms with E-state index in [0.717, 1.165) is 35.4 Å². The molecule has 0 aliphatic heterocycles. The van der Waals surface area contributed by atoms with Crippen LogP contribution in [0.4, 0.5) is 0 Å². The van der Waals surface area contributed by atoms with Crippen LogP contribution in [0.3, 0.4) is 0 Å². The van der Waals surface area contributed by atoms with Crippen molar-refractivity contribution in [3.05, 3.63) is 91.2 Å². The molecule has 0 atom stereocenters. The molecular formula is C38H36N2O12. The Morgan fingerprint density at radius 3 is 1.40 bits per heavy atom. The van der Waals surface area contributed by atoms with Gasteiger partial charge in [0.15, 0.2) is 34.2 Å². The number of rotatable bonds is 9. The second kappa shape index (κ2) is 13.4. The first-order valence-electron chi connectivity index (χ1n) is 16.0. The molecule has 0 aliphatic rings. The van der Waals surface area contributed by atoms with Crippen molar-refractivity contribution >= 4 is 21.9 Å². The Kier molecular flexibility index (Phi) is 9.13. The lowest BCUT2D eigenvalue weighted by molar-refractivity contribution is 0.243. The number of aromatic hydroxyl groups is 8. The van der Waals surface area contributed by atoms with Crippen LogP contribution in [0.2, 0.25) is 0 Å². The van der Waals surface area contributed by atoms with Crippen LogP contribution in [0.5, 0.6) is 46.0 Å². The van der Waals surface area contributed by atoms with Gasteiger partial charge < -0.3 is 59.5 Å². The minimum absolute atomic E-state index is 0.00863. The van der Waals surface area contributed by atoms with E-state index in [1.54, 1.807) is 36.0 Å². The van der Waals surface area contributed by atoms with Gasteiger partial charge >= 0.3 is 0 Å². The number of benzene rings is 4. The molecule has 0 aliphatic carbocycles. The molecule has 270 valence electrons. The number of hydrogen-bond acceptors (Lipinski definition) is 14. The number of fused-ring (bicyclic) bond motifs is 2. The van der Waals surface area contributed by atoms with Crippen molar-refractivity contribution in [1.82, 2.24) is 9.80 Å². The highest BCUT2D eigenvalue weighted by Crippen LogP contribution is 2.41. The van der Waals surface area contributed by atoms with Crippen molar-refractivity contribution in [2.75, 3.05) is 27.2 Å².